The predicted molar refractivity (Wildman–Crippen MR) is 107 cm³/mol. The van der Waals surface area contributed by atoms with Crippen molar-refractivity contribution in [3.05, 3.63) is 24.3 Å². The number of thioether (sulfide) groups is 1. The number of amides is 1. The van der Waals surface area contributed by atoms with Crippen molar-refractivity contribution in [1.82, 2.24) is 5.32 Å². The first-order valence-corrected chi connectivity index (χ1v) is 10.7. The molecule has 2 rings (SSSR count). The fourth-order valence-corrected chi connectivity index (χ4v) is 4.58. The van der Waals surface area contributed by atoms with E-state index in [0.717, 1.165) is 32.1 Å². The second kappa shape index (κ2) is 10.3. The highest BCUT2D eigenvalue weighted by Crippen LogP contribution is 2.38. The molecule has 2 fully saturated rings. The number of carboxylic acid groups (broad SMARTS) is 1. The first-order chi connectivity index (χ1) is 12.8. The van der Waals surface area contributed by atoms with Crippen LogP contribution in [0.4, 0.5) is 4.79 Å². The SMILES string of the molecule is CC(/C=C\CC/C=C\C(=O)O)CCC1CC(C)CC(O)(C2CSC(=O)N2)O1. The van der Waals surface area contributed by atoms with Crippen LogP contribution in [0.5, 0.6) is 0 Å². The molecule has 0 aromatic heterocycles. The molecule has 0 spiro atoms. The minimum Gasteiger partial charge on any atom is -0.478 e. The first-order valence-electron chi connectivity index (χ1n) is 9.68. The number of ether oxygens (including phenoxy) is 1. The summed E-state index contributed by atoms with van der Waals surface area (Å²) in [7, 11) is 0. The van der Waals surface area contributed by atoms with Gasteiger partial charge in [-0.1, -0.05) is 43.8 Å². The summed E-state index contributed by atoms with van der Waals surface area (Å²) in [4.78, 5) is 21.8. The fourth-order valence-electron chi connectivity index (χ4n) is 3.70. The number of aliphatic carboxylic acids is 1. The summed E-state index contributed by atoms with van der Waals surface area (Å²) < 4.78 is 6.05. The lowest BCUT2D eigenvalue weighted by Crippen LogP contribution is -2.56. The van der Waals surface area contributed by atoms with E-state index in [0.29, 0.717) is 24.0 Å². The van der Waals surface area contributed by atoms with E-state index in [1.807, 2.05) is 0 Å². The quantitative estimate of drug-likeness (QED) is 0.312. The first kappa shape index (κ1) is 22.0. The molecule has 152 valence electrons. The molecule has 5 unspecified atom stereocenters. The van der Waals surface area contributed by atoms with E-state index in [4.69, 9.17) is 9.84 Å². The highest BCUT2D eigenvalue weighted by Gasteiger charge is 2.47. The summed E-state index contributed by atoms with van der Waals surface area (Å²) in [5.74, 6) is -0.890. The van der Waals surface area contributed by atoms with Gasteiger partial charge in [0.15, 0.2) is 5.79 Å². The summed E-state index contributed by atoms with van der Waals surface area (Å²) in [6.07, 6.45) is 11.9. The highest BCUT2D eigenvalue weighted by atomic mass is 32.2. The van der Waals surface area contributed by atoms with Crippen molar-refractivity contribution in [2.45, 2.75) is 70.3 Å². The van der Waals surface area contributed by atoms with E-state index in [-0.39, 0.29) is 17.4 Å². The van der Waals surface area contributed by atoms with Crippen LogP contribution in [0.1, 0.15) is 52.4 Å². The number of unbranched alkanes of at least 4 members (excludes halogenated alkanes) is 1. The molecular formula is C20H31NO5S. The van der Waals surface area contributed by atoms with Crippen molar-refractivity contribution >= 4 is 23.0 Å². The average Bonchev–Trinajstić information content (AvgIpc) is 3.02. The lowest BCUT2D eigenvalue weighted by atomic mass is 9.86. The van der Waals surface area contributed by atoms with E-state index in [2.05, 4.69) is 31.3 Å². The number of aliphatic hydroxyl groups is 1. The number of carbonyl (C=O) groups is 2. The Morgan fingerprint density at radius 2 is 2.19 bits per heavy atom. The van der Waals surface area contributed by atoms with Crippen LogP contribution in [0.3, 0.4) is 0 Å². The molecule has 0 saturated carbocycles. The molecule has 1 amide bonds. The summed E-state index contributed by atoms with van der Waals surface area (Å²) >= 11 is 1.20. The maximum Gasteiger partial charge on any atom is 0.327 e. The van der Waals surface area contributed by atoms with Crippen molar-refractivity contribution in [1.29, 1.82) is 0 Å². The zero-order valence-corrected chi connectivity index (χ0v) is 16.9. The van der Waals surface area contributed by atoms with Crippen molar-refractivity contribution in [3.63, 3.8) is 0 Å². The van der Waals surface area contributed by atoms with Crippen LogP contribution in [0, 0.1) is 11.8 Å². The average molecular weight is 398 g/mol. The molecule has 0 aromatic carbocycles. The largest absolute Gasteiger partial charge is 0.478 e. The van der Waals surface area contributed by atoms with Crippen molar-refractivity contribution in [2.24, 2.45) is 11.8 Å². The van der Waals surface area contributed by atoms with Crippen LogP contribution < -0.4 is 5.32 Å². The van der Waals surface area contributed by atoms with Crippen molar-refractivity contribution in [2.75, 3.05) is 5.75 Å². The number of allylic oxidation sites excluding steroid dienone is 3. The zero-order valence-electron chi connectivity index (χ0n) is 16.1. The molecule has 2 aliphatic rings. The maximum atomic E-state index is 11.5. The number of hydrogen-bond donors (Lipinski definition) is 3. The van der Waals surface area contributed by atoms with E-state index in [1.165, 1.54) is 17.8 Å². The number of hydrogen-bond acceptors (Lipinski definition) is 5. The van der Waals surface area contributed by atoms with Gasteiger partial charge in [0.1, 0.15) is 0 Å². The van der Waals surface area contributed by atoms with Crippen LogP contribution in [-0.4, -0.2) is 45.1 Å². The summed E-state index contributed by atoms with van der Waals surface area (Å²) in [5, 5.41) is 22.2. The van der Waals surface area contributed by atoms with Gasteiger partial charge in [0.2, 0.25) is 0 Å². The molecule has 6 nitrogen and oxygen atoms in total. The Kier molecular flexibility index (Phi) is 8.38. The molecule has 5 atom stereocenters. The van der Waals surface area contributed by atoms with Crippen molar-refractivity contribution < 1.29 is 24.5 Å². The molecule has 0 aliphatic carbocycles. The summed E-state index contributed by atoms with van der Waals surface area (Å²) in [6, 6.07) is -0.337. The number of carbonyl (C=O) groups excluding carboxylic acids is 1. The van der Waals surface area contributed by atoms with Crippen LogP contribution in [-0.2, 0) is 9.53 Å². The molecule has 0 radical (unpaired) electrons. The topological polar surface area (TPSA) is 95.9 Å². The lowest BCUT2D eigenvalue weighted by molar-refractivity contribution is -0.274. The third-order valence-electron chi connectivity index (χ3n) is 5.06. The molecule has 7 heteroatoms. The smallest absolute Gasteiger partial charge is 0.327 e. The van der Waals surface area contributed by atoms with Crippen molar-refractivity contribution in [3.8, 4) is 0 Å². The van der Waals surface area contributed by atoms with Gasteiger partial charge in [0, 0.05) is 18.2 Å². The fraction of sp³-hybridized carbons (Fsp3) is 0.700. The number of rotatable bonds is 9. The molecule has 2 aliphatic heterocycles. The Labute approximate surface area is 165 Å². The Bertz CT molecular complexity index is 579. The second-order valence-electron chi connectivity index (χ2n) is 7.73. The molecule has 3 N–H and O–H groups in total. The normalized spacial score (nSPS) is 32.9. The van der Waals surface area contributed by atoms with Gasteiger partial charge in [-0.3, -0.25) is 4.79 Å². The monoisotopic (exact) mass is 397 g/mol. The third kappa shape index (κ3) is 7.31. The number of nitrogens with one attached hydrogen (secondary N) is 1. The Balaban J connectivity index is 1.75. The van der Waals surface area contributed by atoms with Gasteiger partial charge in [-0.2, -0.15) is 0 Å². The maximum absolute atomic E-state index is 11.5. The van der Waals surface area contributed by atoms with E-state index < -0.39 is 11.8 Å². The Morgan fingerprint density at radius 1 is 1.44 bits per heavy atom. The summed E-state index contributed by atoms with van der Waals surface area (Å²) in [5.41, 5.74) is 0. The molecule has 2 saturated heterocycles. The Morgan fingerprint density at radius 3 is 2.85 bits per heavy atom. The van der Waals surface area contributed by atoms with Gasteiger partial charge in [-0.25, -0.2) is 4.79 Å². The second-order valence-corrected chi connectivity index (χ2v) is 8.72. The van der Waals surface area contributed by atoms with E-state index in [9.17, 15) is 14.7 Å². The Hall–Kier alpha value is -1.31. The van der Waals surface area contributed by atoms with Gasteiger partial charge >= 0.3 is 5.97 Å². The van der Waals surface area contributed by atoms with Gasteiger partial charge < -0.3 is 20.3 Å². The van der Waals surface area contributed by atoms with Crippen LogP contribution in [0.25, 0.3) is 0 Å². The number of carboxylic acids is 1. The molecule has 2 heterocycles. The molecular weight excluding hydrogens is 366 g/mol. The minimum absolute atomic E-state index is 0.00407. The lowest BCUT2D eigenvalue weighted by Gasteiger charge is -2.43. The minimum atomic E-state index is -1.27. The highest BCUT2D eigenvalue weighted by molar-refractivity contribution is 8.14. The van der Waals surface area contributed by atoms with E-state index >= 15 is 0 Å². The van der Waals surface area contributed by atoms with Gasteiger partial charge in [-0.05, 0) is 43.9 Å². The standard InChI is InChI=1S/C20H31NO5S/c1-14(7-5-3-4-6-8-18(22)23)9-10-16-11-15(2)12-20(25,26-16)17-13-27-19(24)21-17/h5-8,14-17,25H,3-4,9-13H2,1-2H3,(H,21,24)(H,22,23)/b7-5-,8-6-. The van der Waals surface area contributed by atoms with Gasteiger partial charge in [0.05, 0.1) is 12.1 Å². The molecule has 0 aromatic rings. The van der Waals surface area contributed by atoms with Gasteiger partial charge in [-0.15, -0.1) is 0 Å². The molecule has 27 heavy (non-hydrogen) atoms. The van der Waals surface area contributed by atoms with Crippen LogP contribution in [0.15, 0.2) is 24.3 Å². The predicted octanol–water partition coefficient (Wildman–Crippen LogP) is 3.71. The van der Waals surface area contributed by atoms with E-state index in [1.54, 1.807) is 6.08 Å². The zero-order chi connectivity index (χ0) is 19.9. The third-order valence-corrected chi connectivity index (χ3v) is 5.94. The summed E-state index contributed by atoms with van der Waals surface area (Å²) in [6.45, 7) is 4.27. The van der Waals surface area contributed by atoms with Crippen LogP contribution >= 0.6 is 11.8 Å². The molecule has 0 bridgehead atoms. The van der Waals surface area contributed by atoms with Gasteiger partial charge in [0.25, 0.3) is 5.24 Å². The van der Waals surface area contributed by atoms with Crippen LogP contribution in [0.2, 0.25) is 0 Å².